The molecule has 0 bridgehead atoms. The van der Waals surface area contributed by atoms with Crippen molar-refractivity contribution in [2.24, 2.45) is 0 Å². The van der Waals surface area contributed by atoms with Crippen molar-refractivity contribution in [1.82, 2.24) is 0 Å². The molecular weight excluding hydrogens is 234 g/mol. The molecule has 2 N–H and O–H groups in total. The van der Waals surface area contributed by atoms with Crippen molar-refractivity contribution in [3.63, 3.8) is 0 Å². The molecule has 0 amide bonds. The first-order chi connectivity index (χ1) is 8.49. The van der Waals surface area contributed by atoms with Crippen molar-refractivity contribution in [3.8, 4) is 0 Å². The van der Waals surface area contributed by atoms with Crippen LogP contribution in [0.5, 0.6) is 0 Å². The van der Waals surface area contributed by atoms with Crippen LogP contribution in [0.3, 0.4) is 0 Å². The van der Waals surface area contributed by atoms with Crippen molar-refractivity contribution in [3.05, 3.63) is 53.6 Å². The standard InChI is InChI=1S/C14H14F2N2/c1-9-7-10(3-5-12(9)15)18(2)11-4-6-14(17)13(16)8-11/h3-8H,17H2,1-2H3. The summed E-state index contributed by atoms with van der Waals surface area (Å²) in [5.41, 5.74) is 7.54. The molecule has 2 aromatic carbocycles. The molecule has 0 aromatic heterocycles. The molecule has 0 aliphatic rings. The van der Waals surface area contributed by atoms with Crippen LogP contribution in [0.15, 0.2) is 36.4 Å². The van der Waals surface area contributed by atoms with Crippen molar-refractivity contribution < 1.29 is 8.78 Å². The van der Waals surface area contributed by atoms with E-state index in [1.807, 2.05) is 0 Å². The van der Waals surface area contributed by atoms with Crippen LogP contribution in [0, 0.1) is 18.6 Å². The third kappa shape index (κ3) is 2.27. The molecule has 2 aromatic rings. The van der Waals surface area contributed by atoms with Crippen molar-refractivity contribution in [1.29, 1.82) is 0 Å². The Morgan fingerprint density at radius 1 is 0.944 bits per heavy atom. The molecule has 4 heteroatoms. The summed E-state index contributed by atoms with van der Waals surface area (Å²) in [4.78, 5) is 1.77. The van der Waals surface area contributed by atoms with Crippen molar-refractivity contribution in [2.75, 3.05) is 17.7 Å². The number of hydrogen-bond acceptors (Lipinski definition) is 2. The molecule has 0 saturated carbocycles. The Hall–Kier alpha value is -2.10. The van der Waals surface area contributed by atoms with E-state index in [-0.39, 0.29) is 11.5 Å². The van der Waals surface area contributed by atoms with E-state index >= 15 is 0 Å². The summed E-state index contributed by atoms with van der Waals surface area (Å²) in [6.45, 7) is 1.69. The van der Waals surface area contributed by atoms with Gasteiger partial charge in [-0.25, -0.2) is 8.78 Å². The molecule has 2 rings (SSSR count). The quantitative estimate of drug-likeness (QED) is 0.822. The van der Waals surface area contributed by atoms with Gasteiger partial charge in [-0.05, 0) is 48.9 Å². The highest BCUT2D eigenvalue weighted by molar-refractivity contribution is 5.65. The SMILES string of the molecule is Cc1cc(N(C)c2ccc(N)c(F)c2)ccc1F. The molecule has 0 unspecified atom stereocenters. The second-order valence-corrected chi connectivity index (χ2v) is 4.20. The fourth-order valence-electron chi connectivity index (χ4n) is 1.71. The summed E-state index contributed by atoms with van der Waals surface area (Å²) in [6.07, 6.45) is 0. The highest BCUT2D eigenvalue weighted by Gasteiger charge is 2.08. The van der Waals surface area contributed by atoms with Crippen LogP contribution in [0.1, 0.15) is 5.56 Å². The molecule has 0 atom stereocenters. The highest BCUT2D eigenvalue weighted by atomic mass is 19.1. The van der Waals surface area contributed by atoms with Gasteiger partial charge in [-0.2, -0.15) is 0 Å². The van der Waals surface area contributed by atoms with E-state index < -0.39 is 5.82 Å². The molecule has 0 heterocycles. The summed E-state index contributed by atoms with van der Waals surface area (Å²) in [6, 6.07) is 9.34. The molecule has 0 fully saturated rings. The largest absolute Gasteiger partial charge is 0.396 e. The van der Waals surface area contributed by atoms with Gasteiger partial charge in [0.05, 0.1) is 5.69 Å². The lowest BCUT2D eigenvalue weighted by Gasteiger charge is -2.20. The van der Waals surface area contributed by atoms with Crippen LogP contribution in [-0.4, -0.2) is 7.05 Å². The number of hydrogen-bond donors (Lipinski definition) is 1. The van der Waals surface area contributed by atoms with Gasteiger partial charge in [0.2, 0.25) is 0 Å². The Morgan fingerprint density at radius 2 is 1.56 bits per heavy atom. The van der Waals surface area contributed by atoms with Crippen molar-refractivity contribution in [2.45, 2.75) is 6.92 Å². The molecule has 0 radical (unpaired) electrons. The normalized spacial score (nSPS) is 10.4. The zero-order chi connectivity index (χ0) is 13.3. The summed E-state index contributed by atoms with van der Waals surface area (Å²) >= 11 is 0. The van der Waals surface area contributed by atoms with Crippen molar-refractivity contribution >= 4 is 17.1 Å². The van der Waals surface area contributed by atoms with Gasteiger partial charge in [-0.15, -0.1) is 0 Å². The van der Waals surface area contributed by atoms with E-state index in [0.717, 1.165) is 5.69 Å². The first kappa shape index (κ1) is 12.4. The van der Waals surface area contributed by atoms with Gasteiger partial charge < -0.3 is 10.6 Å². The third-order valence-corrected chi connectivity index (χ3v) is 2.90. The van der Waals surface area contributed by atoms with Gasteiger partial charge in [0.1, 0.15) is 11.6 Å². The van der Waals surface area contributed by atoms with Crippen LogP contribution < -0.4 is 10.6 Å². The minimum absolute atomic E-state index is 0.113. The second-order valence-electron chi connectivity index (χ2n) is 4.20. The summed E-state index contributed by atoms with van der Waals surface area (Å²) in [5, 5.41) is 0. The Labute approximate surface area is 105 Å². The molecule has 2 nitrogen and oxygen atoms in total. The third-order valence-electron chi connectivity index (χ3n) is 2.90. The zero-order valence-corrected chi connectivity index (χ0v) is 10.2. The lowest BCUT2D eigenvalue weighted by Crippen LogP contribution is -2.10. The fraction of sp³-hybridized carbons (Fsp3) is 0.143. The Balaban J connectivity index is 2.37. The number of anilines is 3. The van der Waals surface area contributed by atoms with Gasteiger partial charge in [-0.1, -0.05) is 0 Å². The lowest BCUT2D eigenvalue weighted by molar-refractivity contribution is 0.618. The first-order valence-electron chi connectivity index (χ1n) is 5.54. The topological polar surface area (TPSA) is 29.3 Å². The van der Waals surface area contributed by atoms with E-state index in [9.17, 15) is 8.78 Å². The second kappa shape index (κ2) is 4.64. The average Bonchev–Trinajstić information content (AvgIpc) is 2.35. The number of benzene rings is 2. The molecule has 0 aliphatic carbocycles. The first-order valence-corrected chi connectivity index (χ1v) is 5.54. The van der Waals surface area contributed by atoms with Gasteiger partial charge in [0.25, 0.3) is 0 Å². The molecular formula is C14H14F2N2. The van der Waals surface area contributed by atoms with Crippen LogP contribution in [0.2, 0.25) is 0 Å². The van der Waals surface area contributed by atoms with E-state index in [1.54, 1.807) is 37.1 Å². The van der Waals surface area contributed by atoms with Crippen LogP contribution >= 0.6 is 0 Å². The zero-order valence-electron chi connectivity index (χ0n) is 10.2. The summed E-state index contributed by atoms with van der Waals surface area (Å²) in [5.74, 6) is -0.714. The Kier molecular flexibility index (Phi) is 3.19. The average molecular weight is 248 g/mol. The van der Waals surface area contributed by atoms with E-state index in [0.29, 0.717) is 11.3 Å². The smallest absolute Gasteiger partial charge is 0.148 e. The maximum atomic E-state index is 13.4. The maximum absolute atomic E-state index is 13.4. The van der Waals surface area contributed by atoms with Crippen LogP contribution in [0.4, 0.5) is 25.8 Å². The predicted octanol–water partition coefficient (Wildman–Crippen LogP) is 3.62. The van der Waals surface area contributed by atoms with Gasteiger partial charge in [-0.3, -0.25) is 0 Å². The van der Waals surface area contributed by atoms with Gasteiger partial charge in [0.15, 0.2) is 0 Å². The van der Waals surface area contributed by atoms with E-state index in [2.05, 4.69) is 0 Å². The summed E-state index contributed by atoms with van der Waals surface area (Å²) in [7, 11) is 1.79. The highest BCUT2D eigenvalue weighted by Crippen LogP contribution is 2.27. The Bertz CT molecular complexity index is 531. The monoisotopic (exact) mass is 248 g/mol. The van der Waals surface area contributed by atoms with E-state index in [1.165, 1.54) is 18.2 Å². The van der Waals surface area contributed by atoms with Crippen LogP contribution in [-0.2, 0) is 0 Å². The van der Waals surface area contributed by atoms with E-state index in [4.69, 9.17) is 5.73 Å². The Morgan fingerprint density at radius 3 is 2.17 bits per heavy atom. The minimum Gasteiger partial charge on any atom is -0.396 e. The number of aryl methyl sites for hydroxylation is 1. The molecule has 0 aliphatic heterocycles. The number of halogens is 2. The predicted molar refractivity (Wildman–Crippen MR) is 70.0 cm³/mol. The maximum Gasteiger partial charge on any atom is 0.148 e. The van der Waals surface area contributed by atoms with Gasteiger partial charge >= 0.3 is 0 Å². The number of nitrogens with two attached hydrogens (primary N) is 1. The minimum atomic E-state index is -0.460. The molecule has 0 spiro atoms. The van der Waals surface area contributed by atoms with Crippen LogP contribution in [0.25, 0.3) is 0 Å². The van der Waals surface area contributed by atoms with Gasteiger partial charge in [0, 0.05) is 18.4 Å². The lowest BCUT2D eigenvalue weighted by atomic mass is 10.2. The molecule has 0 saturated heterocycles. The number of nitrogen functional groups attached to an aromatic ring is 1. The fourth-order valence-corrected chi connectivity index (χ4v) is 1.71. The molecule has 18 heavy (non-hydrogen) atoms. The summed E-state index contributed by atoms with van der Waals surface area (Å²) < 4.78 is 26.6. The number of rotatable bonds is 2. The molecule has 94 valence electrons. The number of nitrogens with zero attached hydrogens (tertiary/aromatic N) is 1.